The number of rotatable bonds is 8. The second-order valence-electron chi connectivity index (χ2n) is 8.47. The summed E-state index contributed by atoms with van der Waals surface area (Å²) >= 11 is 0. The highest BCUT2D eigenvalue weighted by Gasteiger charge is 2.31. The van der Waals surface area contributed by atoms with Crippen molar-refractivity contribution in [2.75, 3.05) is 19.7 Å². The second kappa shape index (κ2) is 9.40. The van der Waals surface area contributed by atoms with Gasteiger partial charge in [-0.15, -0.1) is 13.2 Å². The van der Waals surface area contributed by atoms with E-state index in [1.54, 1.807) is 12.1 Å². The number of hydrogen-bond donors (Lipinski definition) is 0. The first kappa shape index (κ1) is 21.2. The molecule has 0 atom stereocenters. The van der Waals surface area contributed by atoms with Crippen LogP contribution in [-0.4, -0.2) is 31.0 Å². The molecule has 6 heteroatoms. The van der Waals surface area contributed by atoms with Crippen LogP contribution in [0.5, 0.6) is 5.75 Å². The van der Waals surface area contributed by atoms with E-state index in [1.165, 1.54) is 49.2 Å². The zero-order valence-corrected chi connectivity index (χ0v) is 17.0. The SMILES string of the molecule is FC(F)(F)Oc1cccc(COCC2CC(c3ccc(CN4CCCC4)cc3)C2)c1. The maximum atomic E-state index is 12.3. The van der Waals surface area contributed by atoms with Crippen molar-refractivity contribution in [1.82, 2.24) is 4.90 Å². The summed E-state index contributed by atoms with van der Waals surface area (Å²) in [6.45, 7) is 4.41. The highest BCUT2D eigenvalue weighted by atomic mass is 19.4. The van der Waals surface area contributed by atoms with E-state index in [2.05, 4.69) is 33.9 Å². The third kappa shape index (κ3) is 5.99. The Morgan fingerprint density at radius 2 is 1.67 bits per heavy atom. The largest absolute Gasteiger partial charge is 0.573 e. The summed E-state index contributed by atoms with van der Waals surface area (Å²) in [5, 5.41) is 0. The Bertz CT molecular complexity index is 810. The standard InChI is InChI=1S/C24H28F3NO2/c25-24(26,27)30-23-5-3-4-19(14-23)16-29-17-20-12-22(13-20)21-8-6-18(7-9-21)15-28-10-1-2-11-28/h3-9,14,20,22H,1-2,10-13,15-17H2. The fourth-order valence-corrected chi connectivity index (χ4v) is 4.41. The average Bonchev–Trinajstić information content (AvgIpc) is 3.16. The predicted octanol–water partition coefficient (Wildman–Crippen LogP) is 5.89. The van der Waals surface area contributed by atoms with Crippen LogP contribution in [0.2, 0.25) is 0 Å². The number of hydrogen-bond acceptors (Lipinski definition) is 3. The van der Waals surface area contributed by atoms with Crippen LogP contribution in [0.25, 0.3) is 0 Å². The van der Waals surface area contributed by atoms with E-state index < -0.39 is 6.36 Å². The first-order chi connectivity index (χ1) is 14.4. The lowest BCUT2D eigenvalue weighted by molar-refractivity contribution is -0.274. The van der Waals surface area contributed by atoms with Gasteiger partial charge in [0, 0.05) is 13.2 Å². The highest BCUT2D eigenvalue weighted by molar-refractivity contribution is 5.29. The Balaban J connectivity index is 1.17. The van der Waals surface area contributed by atoms with Gasteiger partial charge in [0.25, 0.3) is 0 Å². The molecule has 162 valence electrons. The molecule has 1 aliphatic heterocycles. The maximum absolute atomic E-state index is 12.3. The molecule has 1 aliphatic carbocycles. The topological polar surface area (TPSA) is 21.7 Å². The van der Waals surface area contributed by atoms with E-state index in [0.29, 0.717) is 30.6 Å². The first-order valence-corrected chi connectivity index (χ1v) is 10.7. The normalized spacial score (nSPS) is 22.1. The van der Waals surface area contributed by atoms with E-state index >= 15 is 0 Å². The summed E-state index contributed by atoms with van der Waals surface area (Å²) in [4.78, 5) is 2.51. The van der Waals surface area contributed by atoms with Gasteiger partial charge in [-0.05, 0) is 79.4 Å². The summed E-state index contributed by atoms with van der Waals surface area (Å²) in [6.07, 6.45) is 0.158. The molecule has 0 aromatic heterocycles. The average molecular weight is 419 g/mol. The van der Waals surface area contributed by atoms with E-state index in [-0.39, 0.29) is 5.75 Å². The molecule has 4 rings (SSSR count). The molecule has 1 heterocycles. The summed E-state index contributed by atoms with van der Waals surface area (Å²) in [6, 6.07) is 15.0. The molecule has 3 nitrogen and oxygen atoms in total. The maximum Gasteiger partial charge on any atom is 0.573 e. The smallest absolute Gasteiger partial charge is 0.406 e. The number of likely N-dealkylation sites (tertiary alicyclic amines) is 1. The third-order valence-electron chi connectivity index (χ3n) is 6.05. The number of benzene rings is 2. The van der Waals surface area contributed by atoms with Gasteiger partial charge in [-0.3, -0.25) is 4.90 Å². The van der Waals surface area contributed by atoms with E-state index in [1.807, 2.05) is 0 Å². The molecular weight excluding hydrogens is 391 g/mol. The summed E-state index contributed by atoms with van der Waals surface area (Å²) in [7, 11) is 0. The molecule has 0 bridgehead atoms. The zero-order chi connectivity index (χ0) is 21.0. The van der Waals surface area contributed by atoms with Gasteiger partial charge in [-0.1, -0.05) is 36.4 Å². The Hall–Kier alpha value is -2.05. The fraction of sp³-hybridized carbons (Fsp3) is 0.500. The van der Waals surface area contributed by atoms with Crippen LogP contribution in [0.3, 0.4) is 0 Å². The zero-order valence-electron chi connectivity index (χ0n) is 17.0. The van der Waals surface area contributed by atoms with Crippen molar-refractivity contribution in [1.29, 1.82) is 0 Å². The van der Waals surface area contributed by atoms with Crippen LogP contribution in [0.1, 0.15) is 48.3 Å². The van der Waals surface area contributed by atoms with Gasteiger partial charge in [0.05, 0.1) is 6.61 Å². The van der Waals surface area contributed by atoms with E-state index in [9.17, 15) is 13.2 Å². The molecule has 2 fully saturated rings. The molecule has 0 amide bonds. The van der Waals surface area contributed by atoms with Crippen LogP contribution in [0, 0.1) is 5.92 Å². The van der Waals surface area contributed by atoms with E-state index in [0.717, 1.165) is 19.4 Å². The lowest BCUT2D eigenvalue weighted by Gasteiger charge is -2.35. The molecule has 2 aromatic rings. The molecule has 2 aromatic carbocycles. The van der Waals surface area contributed by atoms with Crippen LogP contribution in [-0.2, 0) is 17.9 Å². The van der Waals surface area contributed by atoms with Gasteiger partial charge < -0.3 is 9.47 Å². The monoisotopic (exact) mass is 419 g/mol. The molecule has 1 saturated carbocycles. The van der Waals surface area contributed by atoms with Gasteiger partial charge in [0.2, 0.25) is 0 Å². The minimum Gasteiger partial charge on any atom is -0.406 e. The minimum atomic E-state index is -4.67. The third-order valence-corrected chi connectivity index (χ3v) is 6.05. The molecule has 0 spiro atoms. The van der Waals surface area contributed by atoms with Crippen molar-refractivity contribution < 1.29 is 22.6 Å². The molecule has 30 heavy (non-hydrogen) atoms. The van der Waals surface area contributed by atoms with Crippen molar-refractivity contribution in [3.63, 3.8) is 0 Å². The molecular formula is C24H28F3NO2. The highest BCUT2D eigenvalue weighted by Crippen LogP contribution is 2.41. The van der Waals surface area contributed by atoms with Crippen molar-refractivity contribution in [2.24, 2.45) is 5.92 Å². The lowest BCUT2D eigenvalue weighted by atomic mass is 9.72. The molecule has 2 aliphatic rings. The number of alkyl halides is 3. The van der Waals surface area contributed by atoms with Crippen LogP contribution in [0.4, 0.5) is 13.2 Å². The molecule has 0 N–H and O–H groups in total. The van der Waals surface area contributed by atoms with Crippen molar-refractivity contribution in [2.45, 2.75) is 51.1 Å². The Kier molecular flexibility index (Phi) is 6.64. The Morgan fingerprint density at radius 3 is 2.37 bits per heavy atom. The van der Waals surface area contributed by atoms with E-state index in [4.69, 9.17) is 4.74 Å². The van der Waals surface area contributed by atoms with Gasteiger partial charge in [0.1, 0.15) is 5.75 Å². The van der Waals surface area contributed by atoms with Crippen molar-refractivity contribution in [3.8, 4) is 5.75 Å². The quantitative estimate of drug-likeness (QED) is 0.532. The summed E-state index contributed by atoms with van der Waals surface area (Å²) in [5.74, 6) is 0.886. The van der Waals surface area contributed by atoms with Crippen LogP contribution < -0.4 is 4.74 Å². The van der Waals surface area contributed by atoms with Gasteiger partial charge in [-0.25, -0.2) is 0 Å². The lowest BCUT2D eigenvalue weighted by Crippen LogP contribution is -2.26. The first-order valence-electron chi connectivity index (χ1n) is 10.7. The Morgan fingerprint density at radius 1 is 0.933 bits per heavy atom. The second-order valence-corrected chi connectivity index (χ2v) is 8.47. The fourth-order valence-electron chi connectivity index (χ4n) is 4.41. The molecule has 0 radical (unpaired) electrons. The Labute approximate surface area is 175 Å². The van der Waals surface area contributed by atoms with Gasteiger partial charge in [-0.2, -0.15) is 0 Å². The number of ether oxygens (including phenoxy) is 2. The van der Waals surface area contributed by atoms with Gasteiger partial charge in [0.15, 0.2) is 0 Å². The van der Waals surface area contributed by atoms with Crippen molar-refractivity contribution in [3.05, 3.63) is 65.2 Å². The molecule has 1 saturated heterocycles. The van der Waals surface area contributed by atoms with Crippen LogP contribution in [0.15, 0.2) is 48.5 Å². The number of halogens is 3. The summed E-state index contributed by atoms with van der Waals surface area (Å²) in [5.41, 5.74) is 3.46. The predicted molar refractivity (Wildman–Crippen MR) is 109 cm³/mol. The van der Waals surface area contributed by atoms with Gasteiger partial charge >= 0.3 is 6.36 Å². The van der Waals surface area contributed by atoms with Crippen molar-refractivity contribution >= 4 is 0 Å². The minimum absolute atomic E-state index is 0.208. The molecule has 0 unspecified atom stereocenters. The van der Waals surface area contributed by atoms with Crippen LogP contribution >= 0.6 is 0 Å². The number of nitrogens with zero attached hydrogens (tertiary/aromatic N) is 1. The summed E-state index contributed by atoms with van der Waals surface area (Å²) < 4.78 is 46.7.